The zero-order valence-electron chi connectivity index (χ0n) is 16.3. The molecule has 0 atom stereocenters. The molecule has 0 saturated heterocycles. The van der Waals surface area contributed by atoms with E-state index in [0.717, 1.165) is 42.4 Å². The van der Waals surface area contributed by atoms with Crippen molar-refractivity contribution in [2.45, 2.75) is 43.4 Å². The molecule has 29 heavy (non-hydrogen) atoms. The lowest BCUT2D eigenvalue weighted by molar-refractivity contribution is -0.323. The first kappa shape index (κ1) is 19.8. The first-order valence-corrected chi connectivity index (χ1v) is 10.00. The molecule has 1 aliphatic carbocycles. The van der Waals surface area contributed by atoms with Gasteiger partial charge in [0.2, 0.25) is 0 Å². The largest absolute Gasteiger partial charge is 0.340 e. The third-order valence-electron chi connectivity index (χ3n) is 5.85. The van der Waals surface area contributed by atoms with Gasteiger partial charge in [0, 0.05) is 11.8 Å². The third-order valence-corrected chi connectivity index (χ3v) is 5.85. The summed E-state index contributed by atoms with van der Waals surface area (Å²) in [6.45, 7) is 0. The number of hydrogen-bond acceptors (Lipinski definition) is 4. The number of hydrogen-bond donors (Lipinski definition) is 3. The van der Waals surface area contributed by atoms with E-state index < -0.39 is 5.97 Å². The van der Waals surface area contributed by atoms with E-state index in [-0.39, 0.29) is 10.9 Å². The highest BCUT2D eigenvalue weighted by atomic mass is 16.7. The van der Waals surface area contributed by atoms with Crippen LogP contribution in [0.5, 0.6) is 0 Å². The molecule has 2 radical (unpaired) electrons. The SMILES string of the molecule is [B]C1(c2ccc(-c3cc(-c4ccccc4)ncc3C(O)(O)O)cc2)CCCCC1. The first-order chi connectivity index (χ1) is 13.9. The van der Waals surface area contributed by atoms with Gasteiger partial charge in [-0.1, -0.05) is 92.3 Å². The van der Waals surface area contributed by atoms with Crippen LogP contribution in [-0.4, -0.2) is 28.1 Å². The Labute approximate surface area is 172 Å². The molecule has 1 aliphatic rings. The number of aliphatic hydroxyl groups is 3. The smallest absolute Gasteiger partial charge is 0.306 e. The fourth-order valence-corrected chi connectivity index (χ4v) is 4.18. The summed E-state index contributed by atoms with van der Waals surface area (Å²) in [4.78, 5) is 4.30. The van der Waals surface area contributed by atoms with Crippen molar-refractivity contribution in [3.05, 3.63) is 78.0 Å². The van der Waals surface area contributed by atoms with Gasteiger partial charge in [0.25, 0.3) is 0 Å². The van der Waals surface area contributed by atoms with Crippen LogP contribution >= 0.6 is 0 Å². The maximum Gasteiger partial charge on any atom is 0.306 e. The highest BCUT2D eigenvalue weighted by molar-refractivity contribution is 6.16. The molecule has 3 aromatic rings. The van der Waals surface area contributed by atoms with Crippen LogP contribution in [0.15, 0.2) is 66.9 Å². The summed E-state index contributed by atoms with van der Waals surface area (Å²) in [6, 6.07) is 19.2. The normalized spacial score (nSPS) is 16.5. The molecule has 3 N–H and O–H groups in total. The molecule has 2 aromatic carbocycles. The molecule has 0 bridgehead atoms. The summed E-state index contributed by atoms with van der Waals surface area (Å²) in [7, 11) is 6.64. The Morgan fingerprint density at radius 2 is 1.48 bits per heavy atom. The maximum absolute atomic E-state index is 9.84. The van der Waals surface area contributed by atoms with Gasteiger partial charge in [-0.25, -0.2) is 0 Å². The minimum atomic E-state index is -2.98. The number of pyridine rings is 1. The Kier molecular flexibility index (Phi) is 5.30. The van der Waals surface area contributed by atoms with E-state index in [9.17, 15) is 15.3 Å². The standard InChI is InChI=1S/C24H24BNO3/c25-23(13-5-2-6-14-23)19-11-9-17(10-12-19)20-15-22(18-7-3-1-4-8-18)26-16-21(20)24(27,28)29/h1,3-4,7-12,15-16,27-29H,2,5-6,13-14H2. The average Bonchev–Trinajstić information content (AvgIpc) is 2.74. The van der Waals surface area contributed by atoms with Crippen molar-refractivity contribution >= 4 is 7.85 Å². The van der Waals surface area contributed by atoms with Crippen molar-refractivity contribution in [2.24, 2.45) is 0 Å². The van der Waals surface area contributed by atoms with Crippen LogP contribution in [0.4, 0.5) is 0 Å². The third kappa shape index (κ3) is 4.13. The van der Waals surface area contributed by atoms with Gasteiger partial charge >= 0.3 is 5.97 Å². The molecular formula is C24H24BNO3. The van der Waals surface area contributed by atoms with Crippen molar-refractivity contribution < 1.29 is 15.3 Å². The van der Waals surface area contributed by atoms with E-state index in [1.165, 1.54) is 12.6 Å². The summed E-state index contributed by atoms with van der Waals surface area (Å²) >= 11 is 0. The van der Waals surface area contributed by atoms with Gasteiger partial charge in [0.15, 0.2) is 0 Å². The molecule has 0 amide bonds. The second-order valence-corrected chi connectivity index (χ2v) is 7.91. The lowest BCUT2D eigenvalue weighted by Gasteiger charge is -2.35. The maximum atomic E-state index is 9.84. The van der Waals surface area contributed by atoms with Crippen LogP contribution in [-0.2, 0) is 11.3 Å². The van der Waals surface area contributed by atoms with Crippen LogP contribution < -0.4 is 0 Å². The van der Waals surface area contributed by atoms with Gasteiger partial charge in [-0.15, -0.1) is 0 Å². The van der Waals surface area contributed by atoms with Crippen molar-refractivity contribution in [1.29, 1.82) is 0 Å². The lowest BCUT2D eigenvalue weighted by atomic mass is 9.57. The first-order valence-electron chi connectivity index (χ1n) is 10.00. The molecule has 146 valence electrons. The minimum Gasteiger partial charge on any atom is -0.340 e. The van der Waals surface area contributed by atoms with Gasteiger partial charge in [-0.3, -0.25) is 4.98 Å². The van der Waals surface area contributed by atoms with Crippen molar-refractivity contribution in [3.63, 3.8) is 0 Å². The molecule has 0 aliphatic heterocycles. The molecular weight excluding hydrogens is 361 g/mol. The summed E-state index contributed by atoms with van der Waals surface area (Å²) in [6.07, 6.45) is 6.74. The number of aromatic nitrogens is 1. The van der Waals surface area contributed by atoms with Crippen LogP contribution in [0.1, 0.15) is 43.2 Å². The van der Waals surface area contributed by atoms with Gasteiger partial charge in [0.05, 0.1) is 19.1 Å². The minimum absolute atomic E-state index is 0.0648. The Bertz CT molecular complexity index is 975. The van der Waals surface area contributed by atoms with Crippen molar-refractivity contribution in [3.8, 4) is 22.4 Å². The fraction of sp³-hybridized carbons (Fsp3) is 0.292. The van der Waals surface area contributed by atoms with E-state index in [0.29, 0.717) is 11.3 Å². The molecule has 4 rings (SSSR count). The molecule has 0 unspecified atom stereocenters. The van der Waals surface area contributed by atoms with Crippen molar-refractivity contribution in [2.75, 3.05) is 0 Å². The summed E-state index contributed by atoms with van der Waals surface area (Å²) < 4.78 is 0. The fourth-order valence-electron chi connectivity index (χ4n) is 4.18. The van der Waals surface area contributed by atoms with Gasteiger partial charge in [0.1, 0.15) is 0 Å². The highest BCUT2D eigenvalue weighted by Gasteiger charge is 2.29. The Hall–Kier alpha value is -2.47. The van der Waals surface area contributed by atoms with Gasteiger partial charge in [-0.05, 0) is 22.5 Å². The molecule has 5 heteroatoms. The van der Waals surface area contributed by atoms with E-state index in [1.807, 2.05) is 54.6 Å². The molecule has 1 heterocycles. The quantitative estimate of drug-likeness (QED) is 0.472. The Morgan fingerprint density at radius 3 is 2.10 bits per heavy atom. The molecule has 1 aromatic heterocycles. The molecule has 1 saturated carbocycles. The van der Waals surface area contributed by atoms with E-state index in [1.54, 1.807) is 6.07 Å². The van der Waals surface area contributed by atoms with Crippen LogP contribution in [0.25, 0.3) is 22.4 Å². The number of nitrogens with zero attached hydrogens (tertiary/aromatic N) is 1. The average molecular weight is 385 g/mol. The molecule has 4 nitrogen and oxygen atoms in total. The molecule has 1 fully saturated rings. The van der Waals surface area contributed by atoms with E-state index >= 15 is 0 Å². The summed E-state index contributed by atoms with van der Waals surface area (Å²) in [5, 5.41) is 29.2. The van der Waals surface area contributed by atoms with Crippen LogP contribution in [0, 0.1) is 0 Å². The predicted molar refractivity (Wildman–Crippen MR) is 114 cm³/mol. The zero-order valence-corrected chi connectivity index (χ0v) is 16.3. The topological polar surface area (TPSA) is 73.6 Å². The van der Waals surface area contributed by atoms with Crippen LogP contribution in [0.2, 0.25) is 0 Å². The second kappa shape index (κ2) is 7.75. The van der Waals surface area contributed by atoms with E-state index in [4.69, 9.17) is 7.85 Å². The van der Waals surface area contributed by atoms with Crippen LogP contribution in [0.3, 0.4) is 0 Å². The van der Waals surface area contributed by atoms with Gasteiger partial charge in [-0.2, -0.15) is 0 Å². The van der Waals surface area contributed by atoms with Crippen molar-refractivity contribution in [1.82, 2.24) is 4.98 Å². The Balaban J connectivity index is 1.76. The monoisotopic (exact) mass is 385 g/mol. The zero-order chi connectivity index (χ0) is 20.5. The second-order valence-electron chi connectivity index (χ2n) is 7.91. The van der Waals surface area contributed by atoms with E-state index in [2.05, 4.69) is 4.98 Å². The highest BCUT2D eigenvalue weighted by Crippen LogP contribution is 2.38. The number of benzene rings is 2. The lowest BCUT2D eigenvalue weighted by Crippen LogP contribution is -2.29. The Morgan fingerprint density at radius 1 is 0.828 bits per heavy atom. The van der Waals surface area contributed by atoms with Gasteiger partial charge < -0.3 is 15.3 Å². The number of rotatable bonds is 4. The predicted octanol–water partition coefficient (Wildman–Crippen LogP) is 3.83. The molecule has 0 spiro atoms. The summed E-state index contributed by atoms with van der Waals surface area (Å²) in [5.41, 5.74) is 3.87. The summed E-state index contributed by atoms with van der Waals surface area (Å²) in [5.74, 6) is -2.98.